The second kappa shape index (κ2) is 4.52. The molecule has 1 aliphatic heterocycles. The van der Waals surface area contributed by atoms with E-state index in [0.29, 0.717) is 12.2 Å². The van der Waals surface area contributed by atoms with Crippen LogP contribution in [0.15, 0.2) is 18.2 Å². The summed E-state index contributed by atoms with van der Waals surface area (Å²) in [7, 11) is 0. The number of halogens is 1. The molecule has 0 spiro atoms. The van der Waals surface area contributed by atoms with Crippen LogP contribution >= 0.6 is 0 Å². The Morgan fingerprint density at radius 2 is 2.25 bits per heavy atom. The van der Waals surface area contributed by atoms with E-state index in [0.717, 1.165) is 12.0 Å². The maximum atomic E-state index is 13.1. The summed E-state index contributed by atoms with van der Waals surface area (Å²) in [4.78, 5) is 0. The lowest BCUT2D eigenvalue weighted by Crippen LogP contribution is -2.14. The summed E-state index contributed by atoms with van der Waals surface area (Å²) in [6, 6.07) is 4.54. The Kier molecular flexibility index (Phi) is 3.26. The third-order valence-electron chi connectivity index (χ3n) is 3.24. The number of hydrogen-bond donors (Lipinski definition) is 1. The van der Waals surface area contributed by atoms with Gasteiger partial charge in [0.2, 0.25) is 0 Å². The van der Waals surface area contributed by atoms with Crippen LogP contribution in [0.5, 0.6) is 0 Å². The number of benzene rings is 1. The van der Waals surface area contributed by atoms with E-state index < -0.39 is 6.10 Å². The Morgan fingerprint density at radius 1 is 1.50 bits per heavy atom. The van der Waals surface area contributed by atoms with Crippen molar-refractivity contribution in [2.24, 2.45) is 5.92 Å². The molecule has 0 aliphatic carbocycles. The minimum Gasteiger partial charge on any atom is -0.388 e. The van der Waals surface area contributed by atoms with Crippen molar-refractivity contribution in [2.45, 2.75) is 32.5 Å². The van der Waals surface area contributed by atoms with Crippen LogP contribution in [0.3, 0.4) is 0 Å². The van der Waals surface area contributed by atoms with Gasteiger partial charge in [-0.05, 0) is 43.5 Å². The largest absolute Gasteiger partial charge is 0.388 e. The van der Waals surface area contributed by atoms with Gasteiger partial charge in [-0.15, -0.1) is 0 Å². The van der Waals surface area contributed by atoms with Crippen molar-refractivity contribution in [1.29, 1.82) is 0 Å². The Labute approximate surface area is 95.1 Å². The second-order valence-corrected chi connectivity index (χ2v) is 4.59. The molecule has 3 heteroatoms. The lowest BCUT2D eigenvalue weighted by atomic mass is 9.91. The second-order valence-electron chi connectivity index (χ2n) is 4.59. The fourth-order valence-corrected chi connectivity index (χ4v) is 2.25. The first-order valence-corrected chi connectivity index (χ1v) is 5.63. The average Bonchev–Trinajstić information content (AvgIpc) is 2.67. The lowest BCUT2D eigenvalue weighted by Gasteiger charge is -2.19. The first-order valence-electron chi connectivity index (χ1n) is 5.63. The zero-order valence-electron chi connectivity index (χ0n) is 9.61. The molecule has 0 radical (unpaired) electrons. The molecule has 1 aliphatic rings. The van der Waals surface area contributed by atoms with Crippen LogP contribution in [-0.2, 0) is 4.74 Å². The van der Waals surface area contributed by atoms with E-state index in [2.05, 4.69) is 0 Å². The summed E-state index contributed by atoms with van der Waals surface area (Å²) in [6.07, 6.45) is 0.395. The summed E-state index contributed by atoms with van der Waals surface area (Å²) < 4.78 is 18.6. The normalized spacial score (nSPS) is 27.0. The molecule has 0 saturated carbocycles. The molecule has 2 rings (SSSR count). The Hall–Kier alpha value is -0.930. The van der Waals surface area contributed by atoms with Crippen molar-refractivity contribution in [1.82, 2.24) is 0 Å². The van der Waals surface area contributed by atoms with Crippen molar-refractivity contribution >= 4 is 0 Å². The van der Waals surface area contributed by atoms with Crippen molar-refractivity contribution in [3.63, 3.8) is 0 Å². The Morgan fingerprint density at radius 3 is 2.88 bits per heavy atom. The van der Waals surface area contributed by atoms with Gasteiger partial charge in [0.1, 0.15) is 5.82 Å². The van der Waals surface area contributed by atoms with E-state index in [1.54, 1.807) is 6.07 Å². The van der Waals surface area contributed by atoms with E-state index in [9.17, 15) is 9.50 Å². The summed E-state index contributed by atoms with van der Waals surface area (Å²) in [5.41, 5.74) is 1.61. The van der Waals surface area contributed by atoms with Crippen molar-refractivity contribution in [3.05, 3.63) is 35.1 Å². The molecule has 1 saturated heterocycles. The van der Waals surface area contributed by atoms with Crippen LogP contribution in [-0.4, -0.2) is 17.8 Å². The van der Waals surface area contributed by atoms with Crippen molar-refractivity contribution in [3.8, 4) is 0 Å². The van der Waals surface area contributed by atoms with Crippen LogP contribution in [0.2, 0.25) is 0 Å². The zero-order chi connectivity index (χ0) is 11.7. The highest BCUT2D eigenvalue weighted by atomic mass is 19.1. The highest BCUT2D eigenvalue weighted by Gasteiger charge is 2.30. The average molecular weight is 224 g/mol. The monoisotopic (exact) mass is 224 g/mol. The number of aliphatic hydroxyl groups is 1. The molecule has 0 amide bonds. The number of rotatable bonds is 2. The standard InChI is InChI=1S/C13H17FO2/c1-8-3-4-11(14)6-12(8)13(15)10-5-9(2)16-7-10/h3-4,6,9-10,13,15H,5,7H2,1-2H3. The molecule has 0 aromatic heterocycles. The maximum absolute atomic E-state index is 13.1. The van der Waals surface area contributed by atoms with Crippen molar-refractivity contribution in [2.75, 3.05) is 6.61 Å². The molecule has 1 fully saturated rings. The number of ether oxygens (including phenoxy) is 1. The molecule has 0 bridgehead atoms. The fraction of sp³-hybridized carbons (Fsp3) is 0.538. The maximum Gasteiger partial charge on any atom is 0.123 e. The van der Waals surface area contributed by atoms with Gasteiger partial charge in [0, 0.05) is 5.92 Å². The third-order valence-corrected chi connectivity index (χ3v) is 3.24. The summed E-state index contributed by atoms with van der Waals surface area (Å²) >= 11 is 0. The first-order chi connectivity index (χ1) is 7.58. The summed E-state index contributed by atoms with van der Waals surface area (Å²) in [6.45, 7) is 4.43. The third kappa shape index (κ3) is 2.25. The van der Waals surface area contributed by atoms with Gasteiger partial charge in [-0.2, -0.15) is 0 Å². The van der Waals surface area contributed by atoms with Gasteiger partial charge in [-0.3, -0.25) is 0 Å². The van der Waals surface area contributed by atoms with Gasteiger partial charge in [0.25, 0.3) is 0 Å². The summed E-state index contributed by atoms with van der Waals surface area (Å²) in [5, 5.41) is 10.2. The molecular formula is C13H17FO2. The van der Waals surface area contributed by atoms with E-state index in [1.807, 2.05) is 13.8 Å². The quantitative estimate of drug-likeness (QED) is 0.836. The van der Waals surface area contributed by atoms with E-state index in [4.69, 9.17) is 4.74 Å². The predicted molar refractivity (Wildman–Crippen MR) is 59.6 cm³/mol. The first kappa shape index (κ1) is 11.6. The van der Waals surface area contributed by atoms with Gasteiger partial charge in [0.05, 0.1) is 18.8 Å². The lowest BCUT2D eigenvalue weighted by molar-refractivity contribution is 0.0799. The number of hydrogen-bond acceptors (Lipinski definition) is 2. The van der Waals surface area contributed by atoms with Gasteiger partial charge in [0.15, 0.2) is 0 Å². The molecule has 3 atom stereocenters. The van der Waals surface area contributed by atoms with Crippen molar-refractivity contribution < 1.29 is 14.2 Å². The van der Waals surface area contributed by atoms with Gasteiger partial charge in [-0.25, -0.2) is 4.39 Å². The summed E-state index contributed by atoms with van der Waals surface area (Å²) in [5.74, 6) is -0.220. The van der Waals surface area contributed by atoms with E-state index in [-0.39, 0.29) is 17.8 Å². The molecule has 3 unspecified atom stereocenters. The zero-order valence-corrected chi connectivity index (χ0v) is 9.61. The molecule has 1 N–H and O–H groups in total. The topological polar surface area (TPSA) is 29.5 Å². The molecule has 1 heterocycles. The minimum absolute atomic E-state index is 0.0792. The predicted octanol–water partition coefficient (Wildman–Crippen LogP) is 2.59. The van der Waals surface area contributed by atoms with Crippen LogP contribution in [0.1, 0.15) is 30.6 Å². The van der Waals surface area contributed by atoms with E-state index in [1.165, 1.54) is 12.1 Å². The van der Waals surface area contributed by atoms with Crippen LogP contribution in [0, 0.1) is 18.7 Å². The minimum atomic E-state index is -0.624. The molecule has 1 aromatic carbocycles. The van der Waals surface area contributed by atoms with E-state index >= 15 is 0 Å². The van der Waals surface area contributed by atoms with Gasteiger partial charge >= 0.3 is 0 Å². The molecule has 88 valence electrons. The van der Waals surface area contributed by atoms with Crippen LogP contribution < -0.4 is 0 Å². The Balaban J connectivity index is 2.20. The molecule has 1 aromatic rings. The smallest absolute Gasteiger partial charge is 0.123 e. The Bertz CT molecular complexity index is 378. The number of aryl methyl sites for hydroxylation is 1. The fourth-order valence-electron chi connectivity index (χ4n) is 2.25. The highest BCUT2D eigenvalue weighted by molar-refractivity contribution is 5.29. The molecule has 16 heavy (non-hydrogen) atoms. The van der Waals surface area contributed by atoms with Crippen LogP contribution in [0.25, 0.3) is 0 Å². The molecule has 2 nitrogen and oxygen atoms in total. The van der Waals surface area contributed by atoms with Gasteiger partial charge in [-0.1, -0.05) is 6.07 Å². The van der Waals surface area contributed by atoms with Crippen LogP contribution in [0.4, 0.5) is 4.39 Å². The SMILES string of the molecule is Cc1ccc(F)cc1C(O)C1COC(C)C1. The highest BCUT2D eigenvalue weighted by Crippen LogP contribution is 2.33. The molecular weight excluding hydrogens is 207 g/mol. The van der Waals surface area contributed by atoms with Gasteiger partial charge < -0.3 is 9.84 Å². The number of aliphatic hydroxyl groups excluding tert-OH is 1.